The minimum absolute atomic E-state index is 0.186. The second kappa shape index (κ2) is 6.98. The topological polar surface area (TPSA) is 45.6 Å². The number of aryl methyl sites for hydroxylation is 1. The Balaban J connectivity index is 2.20. The van der Waals surface area contributed by atoms with E-state index in [1.165, 1.54) is 5.56 Å². The van der Waals surface area contributed by atoms with Crippen molar-refractivity contribution in [2.75, 3.05) is 33.4 Å². The molecular formula is C15H24N2O2. The molecule has 0 spiro atoms. The first-order valence-electron chi connectivity index (χ1n) is 7.10. The lowest BCUT2D eigenvalue weighted by Crippen LogP contribution is -2.23. The number of likely N-dealkylation sites (N-methyl/N-ethyl adjacent to an activating group) is 1. The van der Waals surface area contributed by atoms with Gasteiger partial charge in [-0.1, -0.05) is 13.0 Å². The molecule has 19 heavy (non-hydrogen) atoms. The molecule has 0 amide bonds. The third-order valence-corrected chi connectivity index (χ3v) is 3.70. The van der Waals surface area contributed by atoms with Gasteiger partial charge in [0.15, 0.2) is 0 Å². The Morgan fingerprint density at radius 1 is 1.47 bits per heavy atom. The molecule has 1 saturated heterocycles. The van der Waals surface area contributed by atoms with Crippen LogP contribution in [-0.4, -0.2) is 48.4 Å². The van der Waals surface area contributed by atoms with Crippen molar-refractivity contribution in [2.24, 2.45) is 0 Å². The summed E-state index contributed by atoms with van der Waals surface area (Å²) in [5.41, 5.74) is 3.60. The number of hydrogen-bond acceptors (Lipinski definition) is 4. The highest BCUT2D eigenvalue weighted by Crippen LogP contribution is 2.28. The molecule has 0 aliphatic carbocycles. The second-order valence-electron chi connectivity index (χ2n) is 5.21. The van der Waals surface area contributed by atoms with E-state index in [0.29, 0.717) is 12.5 Å². The third kappa shape index (κ3) is 3.75. The fraction of sp³-hybridized carbons (Fsp3) is 0.667. The largest absolute Gasteiger partial charge is 0.395 e. The Morgan fingerprint density at radius 3 is 2.95 bits per heavy atom. The van der Waals surface area contributed by atoms with Crippen LogP contribution in [0.2, 0.25) is 0 Å². The Morgan fingerprint density at radius 2 is 2.32 bits per heavy atom. The summed E-state index contributed by atoms with van der Waals surface area (Å²) in [6.07, 6.45) is 2.04. The second-order valence-corrected chi connectivity index (χ2v) is 5.21. The van der Waals surface area contributed by atoms with Crippen LogP contribution in [-0.2, 0) is 17.7 Å². The van der Waals surface area contributed by atoms with Crippen LogP contribution in [0.3, 0.4) is 0 Å². The SMILES string of the molecule is CCc1ccc(C2CCOC2)c(CN(C)CCO)n1. The summed E-state index contributed by atoms with van der Waals surface area (Å²) >= 11 is 0. The molecule has 4 nitrogen and oxygen atoms in total. The molecule has 1 aliphatic heterocycles. The van der Waals surface area contributed by atoms with Gasteiger partial charge in [-0.25, -0.2) is 0 Å². The van der Waals surface area contributed by atoms with Gasteiger partial charge in [0.25, 0.3) is 0 Å². The van der Waals surface area contributed by atoms with Gasteiger partial charge in [-0.2, -0.15) is 0 Å². The van der Waals surface area contributed by atoms with Crippen molar-refractivity contribution in [3.05, 3.63) is 29.1 Å². The molecule has 106 valence electrons. The fourth-order valence-electron chi connectivity index (χ4n) is 2.54. The maximum absolute atomic E-state index is 9.01. The van der Waals surface area contributed by atoms with E-state index in [1.807, 2.05) is 7.05 Å². The summed E-state index contributed by atoms with van der Waals surface area (Å²) in [6.45, 7) is 5.45. The molecule has 0 saturated carbocycles. The van der Waals surface area contributed by atoms with Crippen LogP contribution in [0.1, 0.15) is 36.2 Å². The van der Waals surface area contributed by atoms with Crippen molar-refractivity contribution in [1.29, 1.82) is 0 Å². The lowest BCUT2D eigenvalue weighted by atomic mass is 9.96. The number of pyridine rings is 1. The molecule has 1 aromatic heterocycles. The van der Waals surface area contributed by atoms with Gasteiger partial charge >= 0.3 is 0 Å². The zero-order valence-electron chi connectivity index (χ0n) is 11.9. The van der Waals surface area contributed by atoms with Gasteiger partial charge in [0, 0.05) is 31.3 Å². The smallest absolute Gasteiger partial charge is 0.0582 e. The van der Waals surface area contributed by atoms with Crippen molar-refractivity contribution in [3.63, 3.8) is 0 Å². The highest BCUT2D eigenvalue weighted by molar-refractivity contribution is 5.27. The number of aliphatic hydroxyl groups is 1. The van der Waals surface area contributed by atoms with E-state index in [9.17, 15) is 0 Å². The average molecular weight is 264 g/mol. The van der Waals surface area contributed by atoms with Gasteiger partial charge in [-0.05, 0) is 31.5 Å². The molecule has 2 rings (SSSR count). The molecule has 2 heterocycles. The quantitative estimate of drug-likeness (QED) is 0.847. The highest BCUT2D eigenvalue weighted by Gasteiger charge is 2.21. The van der Waals surface area contributed by atoms with Crippen molar-refractivity contribution in [2.45, 2.75) is 32.2 Å². The maximum atomic E-state index is 9.01. The number of rotatable bonds is 6. The molecule has 1 N–H and O–H groups in total. The summed E-state index contributed by atoms with van der Waals surface area (Å²) in [5, 5.41) is 9.01. The molecule has 1 aliphatic rings. The number of aliphatic hydroxyl groups excluding tert-OH is 1. The standard InChI is InChI=1S/C15H24N2O2/c1-3-13-4-5-14(12-6-9-19-11-12)15(16-13)10-17(2)7-8-18/h4-5,12,18H,3,6-11H2,1-2H3. The fourth-order valence-corrected chi connectivity index (χ4v) is 2.54. The molecule has 0 aromatic carbocycles. The molecule has 1 aromatic rings. The van der Waals surface area contributed by atoms with Crippen LogP contribution in [0, 0.1) is 0 Å². The van der Waals surface area contributed by atoms with E-state index >= 15 is 0 Å². The van der Waals surface area contributed by atoms with Crippen molar-refractivity contribution in [3.8, 4) is 0 Å². The lowest BCUT2D eigenvalue weighted by Gasteiger charge is -2.20. The summed E-state index contributed by atoms with van der Waals surface area (Å²) in [6, 6.07) is 4.34. The molecule has 1 atom stereocenters. The normalized spacial score (nSPS) is 19.3. The van der Waals surface area contributed by atoms with E-state index in [4.69, 9.17) is 14.8 Å². The van der Waals surface area contributed by atoms with Crippen LogP contribution in [0.15, 0.2) is 12.1 Å². The van der Waals surface area contributed by atoms with E-state index in [-0.39, 0.29) is 6.61 Å². The number of hydrogen-bond donors (Lipinski definition) is 1. The maximum Gasteiger partial charge on any atom is 0.0582 e. The number of aromatic nitrogens is 1. The van der Waals surface area contributed by atoms with Gasteiger partial charge in [0.2, 0.25) is 0 Å². The predicted molar refractivity (Wildman–Crippen MR) is 75.2 cm³/mol. The van der Waals surface area contributed by atoms with Crippen molar-refractivity contribution < 1.29 is 9.84 Å². The first kappa shape index (κ1) is 14.4. The summed E-state index contributed by atoms with van der Waals surface area (Å²) < 4.78 is 5.49. The van der Waals surface area contributed by atoms with Crippen LogP contribution in [0.4, 0.5) is 0 Å². The van der Waals surface area contributed by atoms with Gasteiger partial charge in [0.1, 0.15) is 0 Å². The Hall–Kier alpha value is -0.970. The summed E-state index contributed by atoms with van der Waals surface area (Å²) in [7, 11) is 2.02. The molecular weight excluding hydrogens is 240 g/mol. The highest BCUT2D eigenvalue weighted by atomic mass is 16.5. The molecule has 1 fully saturated rings. The van der Waals surface area contributed by atoms with Crippen LogP contribution in [0.25, 0.3) is 0 Å². The summed E-state index contributed by atoms with van der Waals surface area (Å²) in [4.78, 5) is 6.89. The zero-order valence-corrected chi connectivity index (χ0v) is 11.9. The van der Waals surface area contributed by atoms with Gasteiger partial charge in [-0.15, -0.1) is 0 Å². The van der Waals surface area contributed by atoms with Gasteiger partial charge in [-0.3, -0.25) is 9.88 Å². The predicted octanol–water partition coefficient (Wildman–Crippen LogP) is 1.57. The van der Waals surface area contributed by atoms with E-state index in [1.54, 1.807) is 0 Å². The Kier molecular flexibility index (Phi) is 5.31. The Bertz CT molecular complexity index is 403. The first-order chi connectivity index (χ1) is 9.24. The minimum Gasteiger partial charge on any atom is -0.395 e. The molecule has 0 radical (unpaired) electrons. The van der Waals surface area contributed by atoms with E-state index in [2.05, 4.69) is 24.0 Å². The third-order valence-electron chi connectivity index (χ3n) is 3.70. The van der Waals surface area contributed by atoms with Crippen LogP contribution in [0.5, 0.6) is 0 Å². The minimum atomic E-state index is 0.186. The van der Waals surface area contributed by atoms with Gasteiger partial charge < -0.3 is 9.84 Å². The van der Waals surface area contributed by atoms with E-state index in [0.717, 1.165) is 44.0 Å². The van der Waals surface area contributed by atoms with Crippen molar-refractivity contribution >= 4 is 0 Å². The molecule has 0 bridgehead atoms. The van der Waals surface area contributed by atoms with Gasteiger partial charge in [0.05, 0.1) is 18.9 Å². The van der Waals surface area contributed by atoms with Crippen molar-refractivity contribution in [1.82, 2.24) is 9.88 Å². The summed E-state index contributed by atoms with van der Waals surface area (Å²) in [5.74, 6) is 0.482. The average Bonchev–Trinajstić information content (AvgIpc) is 2.92. The first-order valence-corrected chi connectivity index (χ1v) is 7.10. The lowest BCUT2D eigenvalue weighted by molar-refractivity contribution is 0.193. The van der Waals surface area contributed by atoms with Crippen LogP contribution >= 0.6 is 0 Å². The molecule has 4 heteroatoms. The zero-order chi connectivity index (χ0) is 13.7. The monoisotopic (exact) mass is 264 g/mol. The van der Waals surface area contributed by atoms with E-state index < -0.39 is 0 Å². The van der Waals surface area contributed by atoms with Crippen LogP contribution < -0.4 is 0 Å². The number of nitrogens with zero attached hydrogens (tertiary/aromatic N) is 2. The number of ether oxygens (including phenoxy) is 1. The molecule has 1 unspecified atom stereocenters. The Labute approximate surface area is 115 Å².